The first-order chi connectivity index (χ1) is 6.07. The molecule has 0 amide bonds. The Labute approximate surface area is 82.4 Å². The van der Waals surface area contributed by atoms with Gasteiger partial charge < -0.3 is 0 Å². The second kappa shape index (κ2) is 2.87. The van der Waals surface area contributed by atoms with Crippen molar-refractivity contribution in [3.05, 3.63) is 12.2 Å². The summed E-state index contributed by atoms with van der Waals surface area (Å²) >= 11 is 0. The van der Waals surface area contributed by atoms with E-state index in [9.17, 15) is 0 Å². The van der Waals surface area contributed by atoms with E-state index in [0.717, 1.165) is 23.7 Å². The molecule has 4 atom stereocenters. The zero-order chi connectivity index (χ0) is 9.64. The summed E-state index contributed by atoms with van der Waals surface area (Å²) in [6.07, 6.45) is 7.61. The van der Waals surface area contributed by atoms with Crippen LogP contribution < -0.4 is 0 Å². The molecule has 0 heteroatoms. The predicted molar refractivity (Wildman–Crippen MR) is 57.5 cm³/mol. The molecule has 0 aromatic carbocycles. The van der Waals surface area contributed by atoms with Crippen LogP contribution in [-0.4, -0.2) is 0 Å². The minimum absolute atomic E-state index is 0.650. The van der Waals surface area contributed by atoms with E-state index in [4.69, 9.17) is 0 Å². The van der Waals surface area contributed by atoms with Crippen LogP contribution in [0, 0.1) is 29.1 Å². The van der Waals surface area contributed by atoms with E-state index in [0.29, 0.717) is 5.41 Å². The summed E-state index contributed by atoms with van der Waals surface area (Å²) in [5, 5.41) is 0. The van der Waals surface area contributed by atoms with Gasteiger partial charge in [0, 0.05) is 0 Å². The SMILES string of the molecule is C/C=C/C1CC2CC(C1C)C2(C)C. The standard InChI is InChI=1S/C13H22/c1-5-6-10-7-11-8-12(9(10)2)13(11,3)4/h5-6,9-12H,7-8H2,1-4H3/b6-5+. The summed E-state index contributed by atoms with van der Waals surface area (Å²) in [5.74, 6) is 3.79. The second-order valence-corrected chi connectivity index (χ2v) is 5.64. The maximum absolute atomic E-state index is 2.47. The highest BCUT2D eigenvalue weighted by atomic mass is 14.6. The van der Waals surface area contributed by atoms with Crippen molar-refractivity contribution in [3.63, 3.8) is 0 Å². The first-order valence-electron chi connectivity index (χ1n) is 5.70. The zero-order valence-electron chi connectivity index (χ0n) is 9.38. The van der Waals surface area contributed by atoms with Gasteiger partial charge in [-0.1, -0.05) is 32.9 Å². The molecule has 3 aliphatic carbocycles. The minimum Gasteiger partial charge on any atom is -0.0914 e. The van der Waals surface area contributed by atoms with Gasteiger partial charge in [0.25, 0.3) is 0 Å². The van der Waals surface area contributed by atoms with Gasteiger partial charge in [-0.05, 0) is 48.9 Å². The van der Waals surface area contributed by atoms with E-state index in [1.807, 2.05) is 0 Å². The van der Waals surface area contributed by atoms with Gasteiger partial charge in [0.15, 0.2) is 0 Å². The Hall–Kier alpha value is -0.260. The van der Waals surface area contributed by atoms with Gasteiger partial charge in [0.05, 0.1) is 0 Å². The van der Waals surface area contributed by atoms with Crippen molar-refractivity contribution in [3.8, 4) is 0 Å². The summed E-state index contributed by atoms with van der Waals surface area (Å²) in [4.78, 5) is 0. The normalized spacial score (nSPS) is 47.7. The Kier molecular flexibility index (Phi) is 2.05. The molecule has 0 saturated heterocycles. The molecule has 0 heterocycles. The van der Waals surface area contributed by atoms with Gasteiger partial charge in [-0.25, -0.2) is 0 Å². The van der Waals surface area contributed by atoms with E-state index in [1.165, 1.54) is 12.8 Å². The quantitative estimate of drug-likeness (QED) is 0.534. The Morgan fingerprint density at radius 2 is 1.92 bits per heavy atom. The molecule has 0 spiro atoms. The van der Waals surface area contributed by atoms with Crippen LogP contribution in [0.25, 0.3) is 0 Å². The second-order valence-electron chi connectivity index (χ2n) is 5.64. The Bertz CT molecular complexity index is 224. The Morgan fingerprint density at radius 1 is 1.23 bits per heavy atom. The maximum atomic E-state index is 2.47. The number of hydrogen-bond acceptors (Lipinski definition) is 0. The third kappa shape index (κ3) is 1.18. The lowest BCUT2D eigenvalue weighted by Gasteiger charge is -2.61. The number of rotatable bonds is 1. The van der Waals surface area contributed by atoms with Crippen LogP contribution in [0.15, 0.2) is 12.2 Å². The largest absolute Gasteiger partial charge is 0.0914 e. The number of fused-ring (bicyclic) bond motifs is 2. The van der Waals surface area contributed by atoms with Gasteiger partial charge >= 0.3 is 0 Å². The van der Waals surface area contributed by atoms with Crippen LogP contribution in [-0.2, 0) is 0 Å². The summed E-state index contributed by atoms with van der Waals surface area (Å²) in [6.45, 7) is 9.53. The molecule has 3 saturated carbocycles. The van der Waals surface area contributed by atoms with Crippen LogP contribution in [0.5, 0.6) is 0 Å². The molecular formula is C13H22. The van der Waals surface area contributed by atoms with E-state index in [-0.39, 0.29) is 0 Å². The molecule has 0 N–H and O–H groups in total. The molecule has 13 heavy (non-hydrogen) atoms. The van der Waals surface area contributed by atoms with Crippen LogP contribution in [0.2, 0.25) is 0 Å². The molecule has 3 rings (SSSR count). The van der Waals surface area contributed by atoms with Gasteiger partial charge in [-0.3, -0.25) is 0 Å². The fraction of sp³-hybridized carbons (Fsp3) is 0.846. The highest BCUT2D eigenvalue weighted by Crippen LogP contribution is 2.63. The highest BCUT2D eigenvalue weighted by molar-refractivity contribution is 5.08. The fourth-order valence-electron chi connectivity index (χ4n) is 3.69. The lowest BCUT2D eigenvalue weighted by atomic mass is 9.43. The first kappa shape index (κ1) is 9.30. The summed E-state index contributed by atoms with van der Waals surface area (Å²) in [6, 6.07) is 0. The number of allylic oxidation sites excluding steroid dienone is 2. The van der Waals surface area contributed by atoms with Crippen LogP contribution in [0.4, 0.5) is 0 Å². The van der Waals surface area contributed by atoms with Crippen molar-refractivity contribution in [2.24, 2.45) is 29.1 Å². The molecule has 3 aliphatic rings. The molecule has 0 radical (unpaired) electrons. The molecule has 0 nitrogen and oxygen atoms in total. The third-order valence-electron chi connectivity index (χ3n) is 4.85. The molecule has 2 bridgehead atoms. The predicted octanol–water partition coefficient (Wildman–Crippen LogP) is 3.88. The topological polar surface area (TPSA) is 0 Å². The van der Waals surface area contributed by atoms with Crippen molar-refractivity contribution >= 4 is 0 Å². The smallest absolute Gasteiger partial charge is 0.0202 e. The number of hydrogen-bond donors (Lipinski definition) is 0. The average Bonchev–Trinajstić information content (AvgIpc) is 2.08. The summed E-state index contributed by atoms with van der Waals surface area (Å²) in [5.41, 5.74) is 0.650. The van der Waals surface area contributed by atoms with Gasteiger partial charge in [0.1, 0.15) is 0 Å². The average molecular weight is 178 g/mol. The van der Waals surface area contributed by atoms with Gasteiger partial charge in [-0.2, -0.15) is 0 Å². The van der Waals surface area contributed by atoms with E-state index in [1.54, 1.807) is 0 Å². The van der Waals surface area contributed by atoms with E-state index < -0.39 is 0 Å². The van der Waals surface area contributed by atoms with E-state index in [2.05, 4.69) is 39.8 Å². The Morgan fingerprint density at radius 3 is 2.38 bits per heavy atom. The fourth-order valence-corrected chi connectivity index (χ4v) is 3.69. The minimum atomic E-state index is 0.650. The van der Waals surface area contributed by atoms with Crippen molar-refractivity contribution < 1.29 is 0 Å². The molecule has 3 fully saturated rings. The lowest BCUT2D eigenvalue weighted by Crippen LogP contribution is -2.54. The maximum Gasteiger partial charge on any atom is -0.0202 e. The van der Waals surface area contributed by atoms with Crippen LogP contribution >= 0.6 is 0 Å². The van der Waals surface area contributed by atoms with Crippen LogP contribution in [0.3, 0.4) is 0 Å². The third-order valence-corrected chi connectivity index (χ3v) is 4.85. The summed E-state index contributed by atoms with van der Waals surface area (Å²) in [7, 11) is 0. The highest BCUT2D eigenvalue weighted by Gasteiger charge is 2.55. The molecule has 74 valence electrons. The van der Waals surface area contributed by atoms with Gasteiger partial charge in [-0.15, -0.1) is 0 Å². The molecule has 4 unspecified atom stereocenters. The molecule has 0 aromatic rings. The molecule has 0 aliphatic heterocycles. The molecule has 0 aromatic heterocycles. The first-order valence-corrected chi connectivity index (χ1v) is 5.70. The lowest BCUT2D eigenvalue weighted by molar-refractivity contribution is -0.118. The van der Waals surface area contributed by atoms with Crippen molar-refractivity contribution in [1.82, 2.24) is 0 Å². The summed E-state index contributed by atoms with van der Waals surface area (Å²) < 4.78 is 0. The molecular weight excluding hydrogens is 156 g/mol. The van der Waals surface area contributed by atoms with Crippen molar-refractivity contribution in [1.29, 1.82) is 0 Å². The monoisotopic (exact) mass is 178 g/mol. The van der Waals surface area contributed by atoms with E-state index >= 15 is 0 Å². The zero-order valence-corrected chi connectivity index (χ0v) is 9.38. The van der Waals surface area contributed by atoms with Gasteiger partial charge in [0.2, 0.25) is 0 Å². The van der Waals surface area contributed by atoms with Crippen molar-refractivity contribution in [2.45, 2.75) is 40.5 Å². The van der Waals surface area contributed by atoms with Crippen LogP contribution in [0.1, 0.15) is 40.5 Å². The van der Waals surface area contributed by atoms with Crippen molar-refractivity contribution in [2.75, 3.05) is 0 Å². The Balaban J connectivity index is 2.12.